The maximum Gasteiger partial charge on any atom is 0.292 e. The van der Waals surface area contributed by atoms with Gasteiger partial charge in [-0.05, 0) is 43.3 Å². The molecule has 2 saturated heterocycles. The summed E-state index contributed by atoms with van der Waals surface area (Å²) in [5.74, 6) is 0.147. The fourth-order valence-electron chi connectivity index (χ4n) is 4.17. The van der Waals surface area contributed by atoms with Crippen molar-refractivity contribution in [2.75, 3.05) is 42.6 Å². The number of hydrogen-bond acceptors (Lipinski definition) is 4. The SMILES string of the molecule is CCOc1ccc(N2C(=O)C[C@@H]([NH+]3CCN(c4ccccc4F)CC3)C2=O)cc1. The second-order valence-electron chi connectivity index (χ2n) is 7.35. The first kappa shape index (κ1) is 19.4. The summed E-state index contributed by atoms with van der Waals surface area (Å²) in [7, 11) is 0. The Bertz CT molecular complexity index is 894. The third-order valence-electron chi connectivity index (χ3n) is 5.64. The van der Waals surface area contributed by atoms with Crippen molar-refractivity contribution in [2.24, 2.45) is 0 Å². The van der Waals surface area contributed by atoms with Crippen molar-refractivity contribution in [1.82, 2.24) is 0 Å². The monoisotopic (exact) mass is 398 g/mol. The number of anilines is 2. The van der Waals surface area contributed by atoms with Crippen LogP contribution >= 0.6 is 0 Å². The lowest BCUT2D eigenvalue weighted by Crippen LogP contribution is -3.19. The van der Waals surface area contributed by atoms with Crippen LogP contribution in [-0.4, -0.2) is 50.6 Å². The van der Waals surface area contributed by atoms with Gasteiger partial charge >= 0.3 is 0 Å². The molecule has 0 bridgehead atoms. The van der Waals surface area contributed by atoms with Gasteiger partial charge in [-0.2, -0.15) is 0 Å². The van der Waals surface area contributed by atoms with E-state index in [1.165, 1.54) is 11.0 Å². The summed E-state index contributed by atoms with van der Waals surface area (Å²) in [4.78, 5) is 30.0. The van der Waals surface area contributed by atoms with Crippen LogP contribution in [0.5, 0.6) is 5.75 Å². The number of para-hydroxylation sites is 1. The van der Waals surface area contributed by atoms with Crippen LogP contribution in [0.2, 0.25) is 0 Å². The van der Waals surface area contributed by atoms with Gasteiger partial charge in [-0.1, -0.05) is 12.1 Å². The van der Waals surface area contributed by atoms with E-state index in [0.717, 1.165) is 4.90 Å². The minimum Gasteiger partial charge on any atom is -0.494 e. The first-order chi connectivity index (χ1) is 14.1. The van der Waals surface area contributed by atoms with Gasteiger partial charge in [0.15, 0.2) is 6.04 Å². The molecular weight excluding hydrogens is 373 g/mol. The molecule has 7 heteroatoms. The summed E-state index contributed by atoms with van der Waals surface area (Å²) in [5, 5.41) is 0. The number of quaternary nitrogens is 1. The first-order valence-corrected chi connectivity index (χ1v) is 10.0. The molecule has 2 aliphatic rings. The average Bonchev–Trinajstić information content (AvgIpc) is 3.03. The third kappa shape index (κ3) is 3.82. The molecule has 2 amide bonds. The van der Waals surface area contributed by atoms with Crippen LogP contribution in [0, 0.1) is 5.82 Å². The summed E-state index contributed by atoms with van der Waals surface area (Å²) in [5.41, 5.74) is 1.17. The van der Waals surface area contributed by atoms with Crippen LogP contribution in [0.15, 0.2) is 48.5 Å². The van der Waals surface area contributed by atoms with Crippen LogP contribution in [0.1, 0.15) is 13.3 Å². The second-order valence-corrected chi connectivity index (χ2v) is 7.35. The first-order valence-electron chi connectivity index (χ1n) is 10.0. The lowest BCUT2D eigenvalue weighted by atomic mass is 10.1. The van der Waals surface area contributed by atoms with Gasteiger partial charge in [-0.15, -0.1) is 0 Å². The summed E-state index contributed by atoms with van der Waals surface area (Å²) in [6.07, 6.45) is 0.209. The summed E-state index contributed by atoms with van der Waals surface area (Å²) >= 11 is 0. The molecule has 0 radical (unpaired) electrons. The van der Waals surface area contributed by atoms with Crippen molar-refractivity contribution in [2.45, 2.75) is 19.4 Å². The number of amides is 2. The summed E-state index contributed by atoms with van der Waals surface area (Å²) in [6.45, 7) is 5.14. The number of hydrogen-bond donors (Lipinski definition) is 1. The van der Waals surface area contributed by atoms with Crippen molar-refractivity contribution >= 4 is 23.2 Å². The quantitative estimate of drug-likeness (QED) is 0.771. The molecule has 4 rings (SSSR count). The minimum absolute atomic E-state index is 0.159. The van der Waals surface area contributed by atoms with Crippen LogP contribution in [0.3, 0.4) is 0 Å². The zero-order valence-corrected chi connectivity index (χ0v) is 16.4. The number of piperazine rings is 1. The van der Waals surface area contributed by atoms with Gasteiger partial charge < -0.3 is 14.5 Å². The normalized spacial score (nSPS) is 20.4. The fraction of sp³-hybridized carbons (Fsp3) is 0.364. The van der Waals surface area contributed by atoms with Crippen LogP contribution < -0.4 is 19.4 Å². The van der Waals surface area contributed by atoms with Gasteiger partial charge in [-0.25, -0.2) is 9.29 Å². The van der Waals surface area contributed by atoms with E-state index in [1.54, 1.807) is 36.4 Å². The Hall–Kier alpha value is -2.93. The van der Waals surface area contributed by atoms with Gasteiger partial charge in [-0.3, -0.25) is 9.59 Å². The Kier molecular flexibility index (Phi) is 5.49. The Morgan fingerprint density at radius 2 is 1.76 bits per heavy atom. The van der Waals surface area contributed by atoms with E-state index in [9.17, 15) is 14.0 Å². The Balaban J connectivity index is 1.42. The van der Waals surface area contributed by atoms with E-state index >= 15 is 0 Å². The molecule has 0 unspecified atom stereocenters. The Morgan fingerprint density at radius 1 is 1.07 bits per heavy atom. The molecule has 0 aliphatic carbocycles. The predicted octanol–water partition coefficient (Wildman–Crippen LogP) is 1.26. The molecule has 0 spiro atoms. The zero-order chi connectivity index (χ0) is 20.4. The van der Waals surface area contributed by atoms with Crippen LogP contribution in [0.4, 0.5) is 15.8 Å². The number of halogens is 1. The molecule has 29 heavy (non-hydrogen) atoms. The molecule has 152 valence electrons. The zero-order valence-electron chi connectivity index (χ0n) is 16.4. The molecule has 2 aromatic carbocycles. The minimum atomic E-state index is -0.378. The number of ether oxygens (including phenoxy) is 1. The van der Waals surface area contributed by atoms with Gasteiger partial charge in [0.1, 0.15) is 11.6 Å². The number of carbonyl (C=O) groups excluding carboxylic acids is 2. The molecule has 1 atom stereocenters. The maximum atomic E-state index is 14.0. The number of rotatable bonds is 5. The third-order valence-corrected chi connectivity index (χ3v) is 5.64. The molecule has 2 aliphatic heterocycles. The van der Waals surface area contributed by atoms with Crippen molar-refractivity contribution in [3.05, 3.63) is 54.3 Å². The number of imide groups is 1. The van der Waals surface area contributed by atoms with Gasteiger partial charge in [0, 0.05) is 0 Å². The van der Waals surface area contributed by atoms with Crippen molar-refractivity contribution < 1.29 is 23.6 Å². The van der Waals surface area contributed by atoms with E-state index < -0.39 is 0 Å². The van der Waals surface area contributed by atoms with Crippen molar-refractivity contribution in [3.8, 4) is 5.75 Å². The standard InChI is InChI=1S/C22H24FN3O3/c1-2-29-17-9-7-16(8-10-17)26-21(27)15-20(22(26)28)25-13-11-24(12-14-25)19-6-4-3-5-18(19)23/h3-10,20H,2,11-15H2,1H3/p+1/t20-/m1/s1. The molecule has 2 fully saturated rings. The number of nitrogens with one attached hydrogen (secondary N) is 1. The van der Waals surface area contributed by atoms with Crippen molar-refractivity contribution in [3.63, 3.8) is 0 Å². The number of nitrogens with zero attached hydrogens (tertiary/aromatic N) is 2. The summed E-state index contributed by atoms with van der Waals surface area (Å²) < 4.78 is 19.5. The smallest absolute Gasteiger partial charge is 0.292 e. The largest absolute Gasteiger partial charge is 0.494 e. The molecule has 1 N–H and O–H groups in total. The lowest BCUT2D eigenvalue weighted by molar-refractivity contribution is -0.915. The highest BCUT2D eigenvalue weighted by Crippen LogP contribution is 2.25. The van der Waals surface area contributed by atoms with Gasteiger partial charge in [0.2, 0.25) is 5.91 Å². The number of benzene rings is 2. The average molecular weight is 398 g/mol. The van der Waals surface area contributed by atoms with E-state index in [-0.39, 0.29) is 30.1 Å². The fourth-order valence-corrected chi connectivity index (χ4v) is 4.17. The Morgan fingerprint density at radius 3 is 2.41 bits per heavy atom. The summed E-state index contributed by atoms with van der Waals surface area (Å²) in [6, 6.07) is 13.4. The van der Waals surface area contributed by atoms with Crippen LogP contribution in [0.25, 0.3) is 0 Å². The maximum absolute atomic E-state index is 14.0. The number of carbonyl (C=O) groups is 2. The van der Waals surface area contributed by atoms with Crippen molar-refractivity contribution in [1.29, 1.82) is 0 Å². The Labute approximate surface area is 169 Å². The molecule has 2 aromatic rings. The molecule has 2 heterocycles. The van der Waals surface area contributed by atoms with Gasteiger partial charge in [0.05, 0.1) is 50.6 Å². The molecular formula is C22H25FN3O3+. The van der Waals surface area contributed by atoms with Crippen LogP contribution in [-0.2, 0) is 9.59 Å². The topological polar surface area (TPSA) is 54.3 Å². The van der Waals surface area contributed by atoms with E-state index in [1.807, 2.05) is 17.9 Å². The lowest BCUT2D eigenvalue weighted by Gasteiger charge is -2.35. The van der Waals surface area contributed by atoms with E-state index in [2.05, 4.69) is 0 Å². The predicted molar refractivity (Wildman–Crippen MR) is 108 cm³/mol. The molecule has 0 aromatic heterocycles. The van der Waals surface area contributed by atoms with Gasteiger partial charge in [0.25, 0.3) is 5.91 Å². The molecule has 0 saturated carbocycles. The highest BCUT2D eigenvalue weighted by atomic mass is 19.1. The highest BCUT2D eigenvalue weighted by molar-refractivity contribution is 6.21. The molecule has 6 nitrogen and oxygen atoms in total. The highest BCUT2D eigenvalue weighted by Gasteiger charge is 2.46. The second kappa shape index (κ2) is 8.21. The van der Waals surface area contributed by atoms with E-state index in [4.69, 9.17) is 4.74 Å². The van der Waals surface area contributed by atoms with E-state index in [0.29, 0.717) is 49.9 Å².